The lowest BCUT2D eigenvalue weighted by atomic mass is 10.1. The number of rotatable bonds is 3. The van der Waals surface area contributed by atoms with Crippen LogP contribution in [0.4, 0.5) is 4.39 Å². The van der Waals surface area contributed by atoms with Gasteiger partial charge in [0, 0.05) is 12.1 Å². The van der Waals surface area contributed by atoms with Crippen molar-refractivity contribution in [2.75, 3.05) is 13.2 Å². The van der Waals surface area contributed by atoms with Gasteiger partial charge in [-0.2, -0.15) is 0 Å². The van der Waals surface area contributed by atoms with E-state index in [0.29, 0.717) is 18.7 Å². The van der Waals surface area contributed by atoms with E-state index in [-0.39, 0.29) is 12.0 Å². The average molecular weight is 267 g/mol. The van der Waals surface area contributed by atoms with Crippen molar-refractivity contribution in [3.05, 3.63) is 35.1 Å². The first kappa shape index (κ1) is 14.0. The van der Waals surface area contributed by atoms with E-state index in [2.05, 4.69) is 5.32 Å². The fourth-order valence-corrected chi connectivity index (χ4v) is 2.00. The van der Waals surface area contributed by atoms with E-state index in [1.165, 1.54) is 12.1 Å². The minimum atomic E-state index is -0.607. The summed E-state index contributed by atoms with van der Waals surface area (Å²) in [4.78, 5) is 12.0. The van der Waals surface area contributed by atoms with Gasteiger partial charge < -0.3 is 14.8 Å². The molecule has 1 aromatic rings. The van der Waals surface area contributed by atoms with E-state index in [0.717, 1.165) is 5.56 Å². The molecule has 1 saturated heterocycles. The highest BCUT2D eigenvalue weighted by Crippen LogP contribution is 2.21. The Balaban J connectivity index is 1.93. The normalized spacial score (nSPS) is 21.4. The van der Waals surface area contributed by atoms with Crippen LogP contribution in [0.5, 0.6) is 0 Å². The molecule has 1 N–H and O–H groups in total. The molecule has 2 rings (SSSR count). The van der Waals surface area contributed by atoms with Gasteiger partial charge in [0.25, 0.3) is 5.91 Å². The van der Waals surface area contributed by atoms with Crippen molar-refractivity contribution < 1.29 is 18.7 Å². The van der Waals surface area contributed by atoms with E-state index in [1.54, 1.807) is 13.0 Å². The maximum Gasteiger partial charge on any atom is 0.251 e. The smallest absolute Gasteiger partial charge is 0.251 e. The predicted molar refractivity (Wildman–Crippen MR) is 68.4 cm³/mol. The van der Waals surface area contributed by atoms with Gasteiger partial charge in [-0.15, -0.1) is 0 Å². The van der Waals surface area contributed by atoms with E-state index in [1.807, 2.05) is 13.8 Å². The molecule has 1 unspecified atom stereocenters. The van der Waals surface area contributed by atoms with Crippen LogP contribution in [0.25, 0.3) is 0 Å². The van der Waals surface area contributed by atoms with Gasteiger partial charge in [0.15, 0.2) is 5.79 Å². The molecule has 1 atom stereocenters. The molecule has 1 aromatic carbocycles. The van der Waals surface area contributed by atoms with Crippen molar-refractivity contribution in [1.29, 1.82) is 0 Å². The first-order valence-electron chi connectivity index (χ1n) is 6.23. The molecule has 19 heavy (non-hydrogen) atoms. The molecule has 1 aliphatic heterocycles. The number of carbonyl (C=O) groups excluding carboxylic acids is 1. The standard InChI is InChI=1S/C14H18FNO3/c1-9-4-5-10(15)6-12(9)13(17)16-7-11-8-18-14(2,3)19-11/h4-6,11H,7-8H2,1-3H3,(H,16,17). The SMILES string of the molecule is Cc1ccc(F)cc1C(=O)NCC1COC(C)(C)O1. The van der Waals surface area contributed by atoms with E-state index >= 15 is 0 Å². The fourth-order valence-electron chi connectivity index (χ4n) is 2.00. The van der Waals surface area contributed by atoms with Crippen molar-refractivity contribution >= 4 is 5.91 Å². The maximum atomic E-state index is 13.1. The summed E-state index contributed by atoms with van der Waals surface area (Å²) in [5.74, 6) is -1.33. The third-order valence-corrected chi connectivity index (χ3v) is 3.00. The van der Waals surface area contributed by atoms with Gasteiger partial charge in [0.2, 0.25) is 0 Å². The van der Waals surface area contributed by atoms with Crippen LogP contribution in [-0.2, 0) is 9.47 Å². The molecule has 5 heteroatoms. The Kier molecular flexibility index (Phi) is 3.87. The zero-order valence-electron chi connectivity index (χ0n) is 11.3. The maximum absolute atomic E-state index is 13.1. The quantitative estimate of drug-likeness (QED) is 0.911. The van der Waals surface area contributed by atoms with E-state index in [4.69, 9.17) is 9.47 Å². The first-order chi connectivity index (χ1) is 8.87. The Labute approximate surface area is 111 Å². The second-order valence-electron chi connectivity index (χ2n) is 5.12. The number of ether oxygens (including phenoxy) is 2. The average Bonchev–Trinajstić information content (AvgIpc) is 2.69. The molecule has 1 fully saturated rings. The summed E-state index contributed by atoms with van der Waals surface area (Å²) >= 11 is 0. The van der Waals surface area contributed by atoms with E-state index in [9.17, 15) is 9.18 Å². The van der Waals surface area contributed by atoms with Crippen LogP contribution in [0.15, 0.2) is 18.2 Å². The van der Waals surface area contributed by atoms with Crippen LogP contribution in [0.1, 0.15) is 29.8 Å². The van der Waals surface area contributed by atoms with Crippen LogP contribution in [0.3, 0.4) is 0 Å². The summed E-state index contributed by atoms with van der Waals surface area (Å²) in [6.45, 7) is 6.21. The highest BCUT2D eigenvalue weighted by atomic mass is 19.1. The lowest BCUT2D eigenvalue weighted by Gasteiger charge is -2.17. The van der Waals surface area contributed by atoms with Gasteiger partial charge in [0.05, 0.1) is 6.61 Å². The van der Waals surface area contributed by atoms with Crippen molar-refractivity contribution in [3.8, 4) is 0 Å². The van der Waals surface area contributed by atoms with Crippen LogP contribution in [0.2, 0.25) is 0 Å². The summed E-state index contributed by atoms with van der Waals surface area (Å²) in [7, 11) is 0. The second-order valence-corrected chi connectivity index (χ2v) is 5.12. The number of hydrogen-bond donors (Lipinski definition) is 1. The summed E-state index contributed by atoms with van der Waals surface area (Å²) in [6, 6.07) is 4.16. The number of nitrogens with one attached hydrogen (secondary N) is 1. The lowest BCUT2D eigenvalue weighted by Crippen LogP contribution is -2.34. The first-order valence-corrected chi connectivity index (χ1v) is 6.23. The van der Waals surface area contributed by atoms with Crippen LogP contribution < -0.4 is 5.32 Å². The Morgan fingerprint density at radius 2 is 2.26 bits per heavy atom. The van der Waals surface area contributed by atoms with Crippen LogP contribution >= 0.6 is 0 Å². The fraction of sp³-hybridized carbons (Fsp3) is 0.500. The molecule has 1 heterocycles. The number of amides is 1. The summed E-state index contributed by atoms with van der Waals surface area (Å²) in [5, 5.41) is 2.74. The molecule has 0 aromatic heterocycles. The number of halogens is 1. The topological polar surface area (TPSA) is 47.6 Å². The largest absolute Gasteiger partial charge is 0.349 e. The molecule has 1 amide bonds. The third-order valence-electron chi connectivity index (χ3n) is 3.00. The summed E-state index contributed by atoms with van der Waals surface area (Å²) in [5.41, 5.74) is 1.08. The zero-order chi connectivity index (χ0) is 14.0. The van der Waals surface area contributed by atoms with Crippen LogP contribution in [-0.4, -0.2) is 30.9 Å². The Hall–Kier alpha value is -1.46. The number of benzene rings is 1. The molecule has 0 radical (unpaired) electrons. The minimum absolute atomic E-state index is 0.173. The van der Waals surface area contributed by atoms with E-state index < -0.39 is 11.6 Å². The zero-order valence-corrected chi connectivity index (χ0v) is 11.3. The van der Waals surface area contributed by atoms with Gasteiger partial charge in [0.1, 0.15) is 11.9 Å². The molecule has 0 saturated carbocycles. The lowest BCUT2D eigenvalue weighted by molar-refractivity contribution is -0.137. The van der Waals surface area contributed by atoms with Gasteiger partial charge in [-0.1, -0.05) is 6.07 Å². The monoisotopic (exact) mass is 267 g/mol. The molecule has 104 valence electrons. The Morgan fingerprint density at radius 3 is 2.89 bits per heavy atom. The van der Waals surface area contributed by atoms with Crippen molar-refractivity contribution in [2.45, 2.75) is 32.7 Å². The van der Waals surface area contributed by atoms with Gasteiger partial charge in [-0.3, -0.25) is 4.79 Å². The third kappa shape index (κ3) is 3.52. The number of hydrogen-bond acceptors (Lipinski definition) is 3. The Bertz CT molecular complexity index is 488. The number of aryl methyl sites for hydroxylation is 1. The second kappa shape index (κ2) is 5.27. The van der Waals surface area contributed by atoms with Gasteiger partial charge >= 0.3 is 0 Å². The Morgan fingerprint density at radius 1 is 1.53 bits per heavy atom. The predicted octanol–water partition coefficient (Wildman–Crippen LogP) is 2.02. The van der Waals surface area contributed by atoms with Crippen molar-refractivity contribution in [1.82, 2.24) is 5.32 Å². The van der Waals surface area contributed by atoms with Gasteiger partial charge in [-0.05, 0) is 38.5 Å². The van der Waals surface area contributed by atoms with Crippen molar-refractivity contribution in [2.24, 2.45) is 0 Å². The molecule has 1 aliphatic rings. The minimum Gasteiger partial charge on any atom is -0.349 e. The van der Waals surface area contributed by atoms with Crippen molar-refractivity contribution in [3.63, 3.8) is 0 Å². The molecular formula is C14H18FNO3. The molecule has 0 aliphatic carbocycles. The molecule has 4 nitrogen and oxygen atoms in total. The summed E-state index contributed by atoms with van der Waals surface area (Å²) in [6.07, 6.45) is -0.173. The highest BCUT2D eigenvalue weighted by molar-refractivity contribution is 5.95. The van der Waals surface area contributed by atoms with Gasteiger partial charge in [-0.25, -0.2) is 4.39 Å². The van der Waals surface area contributed by atoms with Crippen LogP contribution in [0, 0.1) is 12.7 Å². The summed E-state index contributed by atoms with van der Waals surface area (Å²) < 4.78 is 24.1. The molecular weight excluding hydrogens is 249 g/mol. The molecule has 0 spiro atoms. The molecule has 0 bridgehead atoms. The number of carbonyl (C=O) groups is 1. The highest BCUT2D eigenvalue weighted by Gasteiger charge is 2.32.